The molecule has 0 saturated carbocycles. The van der Waals surface area contributed by atoms with E-state index in [-0.39, 0.29) is 0 Å². The Morgan fingerprint density at radius 1 is 0.431 bits per heavy atom. The van der Waals surface area contributed by atoms with Gasteiger partial charge in [-0.25, -0.2) is 9.97 Å². The second kappa shape index (κ2) is 12.8. The highest BCUT2D eigenvalue weighted by molar-refractivity contribution is 5.95. The third-order valence-electron chi connectivity index (χ3n) is 11.2. The highest BCUT2D eigenvalue weighted by atomic mass is 16.5. The Kier molecular flexibility index (Phi) is 7.16. The first-order chi connectivity index (χ1) is 28.7. The molecule has 2 aromatic heterocycles. The Labute approximate surface area is 334 Å². The van der Waals surface area contributed by atoms with Gasteiger partial charge in [0.15, 0.2) is 17.1 Å². The van der Waals surface area contributed by atoms with Crippen molar-refractivity contribution in [2.45, 2.75) is 6.42 Å². The topological polar surface area (TPSA) is 59.6 Å². The summed E-state index contributed by atoms with van der Waals surface area (Å²) in [5.41, 5.74) is 15.3. The van der Waals surface area contributed by atoms with Crippen LogP contribution in [-0.4, -0.2) is 14.5 Å². The quantitative estimate of drug-likeness (QED) is 0.175. The van der Waals surface area contributed by atoms with Crippen molar-refractivity contribution in [3.63, 3.8) is 0 Å². The van der Waals surface area contributed by atoms with Crippen LogP contribution in [-0.2, 0) is 6.42 Å². The molecule has 0 radical (unpaired) electrons. The Morgan fingerprint density at radius 3 is 1.60 bits per heavy atom. The lowest BCUT2D eigenvalue weighted by Crippen LogP contribution is -2.18. The van der Waals surface area contributed by atoms with Gasteiger partial charge in [-0.15, -0.1) is 0 Å². The van der Waals surface area contributed by atoms with Crippen LogP contribution >= 0.6 is 0 Å². The molecule has 0 aliphatic carbocycles. The van der Waals surface area contributed by atoms with Crippen molar-refractivity contribution < 1.29 is 9.15 Å². The van der Waals surface area contributed by atoms with Crippen molar-refractivity contribution >= 4 is 56.3 Å². The summed E-state index contributed by atoms with van der Waals surface area (Å²) in [6.07, 6.45) is 0.924. The highest BCUT2D eigenvalue weighted by Crippen LogP contribution is 2.50. The molecule has 10 aromatic rings. The number of aromatic nitrogens is 3. The van der Waals surface area contributed by atoms with Gasteiger partial charge in [0.1, 0.15) is 11.3 Å². The van der Waals surface area contributed by atoms with E-state index < -0.39 is 0 Å². The van der Waals surface area contributed by atoms with E-state index in [1.54, 1.807) is 0 Å². The fourth-order valence-electron chi connectivity index (χ4n) is 8.52. The number of anilines is 6. The summed E-state index contributed by atoms with van der Waals surface area (Å²) in [5, 5.41) is 0. The minimum absolute atomic E-state index is 0.555. The van der Waals surface area contributed by atoms with E-state index in [2.05, 4.69) is 154 Å². The molecule has 0 saturated heterocycles. The van der Waals surface area contributed by atoms with Crippen LogP contribution in [0.2, 0.25) is 0 Å². The van der Waals surface area contributed by atoms with E-state index in [9.17, 15) is 0 Å². The summed E-state index contributed by atoms with van der Waals surface area (Å²) in [4.78, 5) is 14.9. The fraction of sp³-hybridized carbons (Fsp3) is 0.0196. The zero-order valence-electron chi connectivity index (χ0n) is 31.2. The number of rotatable bonds is 5. The van der Waals surface area contributed by atoms with Crippen molar-refractivity contribution in [1.82, 2.24) is 14.5 Å². The van der Waals surface area contributed by atoms with Crippen LogP contribution in [0.25, 0.3) is 50.7 Å². The first kappa shape index (κ1) is 32.4. The maximum Gasteiger partial charge on any atom is 0.227 e. The lowest BCUT2D eigenvalue weighted by molar-refractivity contribution is 0.477. The van der Waals surface area contributed by atoms with E-state index in [1.165, 1.54) is 22.5 Å². The van der Waals surface area contributed by atoms with Crippen LogP contribution in [0.4, 0.5) is 34.1 Å². The number of ether oxygens (including phenoxy) is 1. The number of nitrogens with zero attached hydrogens (tertiary/aromatic N) is 5. The van der Waals surface area contributed by atoms with Gasteiger partial charge in [0, 0.05) is 52.1 Å². The van der Waals surface area contributed by atoms with Crippen LogP contribution in [0.15, 0.2) is 192 Å². The molecule has 0 atom stereocenters. The molecule has 7 nitrogen and oxygen atoms in total. The number of benzene rings is 8. The largest absolute Gasteiger partial charge is 0.453 e. The summed E-state index contributed by atoms with van der Waals surface area (Å²) in [6.45, 7) is 0. The number of para-hydroxylation sites is 7. The minimum Gasteiger partial charge on any atom is -0.453 e. The average molecular weight is 748 g/mol. The van der Waals surface area contributed by atoms with Crippen molar-refractivity contribution in [2.24, 2.45) is 0 Å². The maximum absolute atomic E-state index is 6.46. The predicted molar refractivity (Wildman–Crippen MR) is 232 cm³/mol. The zero-order valence-corrected chi connectivity index (χ0v) is 31.2. The number of hydrogen-bond donors (Lipinski definition) is 0. The van der Waals surface area contributed by atoms with Gasteiger partial charge in [0.25, 0.3) is 0 Å². The second-order valence-corrected chi connectivity index (χ2v) is 14.7. The minimum atomic E-state index is 0.555. The van der Waals surface area contributed by atoms with Crippen molar-refractivity contribution in [2.75, 3.05) is 9.80 Å². The second-order valence-electron chi connectivity index (χ2n) is 14.7. The van der Waals surface area contributed by atoms with E-state index in [1.807, 2.05) is 48.5 Å². The molecule has 12 rings (SSSR count). The first-order valence-corrected chi connectivity index (χ1v) is 19.4. The Balaban J connectivity index is 0.915. The summed E-state index contributed by atoms with van der Waals surface area (Å²) >= 11 is 0. The molecule has 0 fully saturated rings. The standard InChI is InChI=1S/C51H33N5O2/c1-2-14-37(15-3-1)56-46-31-41-49(58-51(53-41)34-24-28-39(29-25-34)55-44-18-8-10-20-47(44)57-48-21-11-9-19-45(48)55)32-40(46)52-50(56)33-22-26-38(27-23-33)54-42-16-6-4-12-35(42)30-36-13-5-7-17-43(36)54/h1-29,31-32H,30H2. The monoisotopic (exact) mass is 747 g/mol. The lowest BCUT2D eigenvalue weighted by Gasteiger charge is -2.33. The van der Waals surface area contributed by atoms with Crippen LogP contribution in [0.3, 0.4) is 0 Å². The number of imidazole rings is 1. The maximum atomic E-state index is 6.46. The molecule has 4 heterocycles. The van der Waals surface area contributed by atoms with Gasteiger partial charge >= 0.3 is 0 Å². The number of oxazole rings is 1. The Bertz CT molecular complexity index is 3090. The van der Waals surface area contributed by atoms with Crippen LogP contribution in [0.1, 0.15) is 11.1 Å². The molecule has 0 amide bonds. The summed E-state index contributed by atoms with van der Waals surface area (Å²) < 4.78 is 14.9. The molecule has 0 bridgehead atoms. The van der Waals surface area contributed by atoms with Crippen LogP contribution in [0, 0.1) is 0 Å². The molecule has 0 spiro atoms. The molecule has 58 heavy (non-hydrogen) atoms. The molecule has 274 valence electrons. The predicted octanol–water partition coefficient (Wildman–Crippen LogP) is 13.5. The average Bonchev–Trinajstić information content (AvgIpc) is 3.88. The van der Waals surface area contributed by atoms with Gasteiger partial charge in [-0.2, -0.15) is 0 Å². The molecule has 2 aliphatic rings. The van der Waals surface area contributed by atoms with Gasteiger partial charge in [-0.1, -0.05) is 78.9 Å². The molecular formula is C51H33N5O2. The van der Waals surface area contributed by atoms with Gasteiger partial charge in [0.2, 0.25) is 5.89 Å². The molecule has 2 aliphatic heterocycles. The van der Waals surface area contributed by atoms with Gasteiger partial charge < -0.3 is 19.0 Å². The van der Waals surface area contributed by atoms with Crippen molar-refractivity contribution in [3.8, 4) is 40.0 Å². The van der Waals surface area contributed by atoms with Crippen molar-refractivity contribution in [1.29, 1.82) is 0 Å². The smallest absolute Gasteiger partial charge is 0.227 e. The summed E-state index contributed by atoms with van der Waals surface area (Å²) in [6, 6.07) is 65.1. The molecule has 7 heteroatoms. The third kappa shape index (κ3) is 5.14. The Morgan fingerprint density at radius 2 is 0.966 bits per heavy atom. The lowest BCUT2D eigenvalue weighted by atomic mass is 9.95. The summed E-state index contributed by atoms with van der Waals surface area (Å²) in [7, 11) is 0. The van der Waals surface area contributed by atoms with Crippen LogP contribution in [0.5, 0.6) is 11.5 Å². The zero-order chi connectivity index (χ0) is 38.2. The number of hydrogen-bond acceptors (Lipinski definition) is 6. The van der Waals surface area contributed by atoms with Crippen LogP contribution < -0.4 is 14.5 Å². The van der Waals surface area contributed by atoms with E-state index >= 15 is 0 Å². The van der Waals surface area contributed by atoms with Gasteiger partial charge in [-0.05, 0) is 114 Å². The normalized spacial score (nSPS) is 12.8. The molecule has 0 unspecified atom stereocenters. The summed E-state index contributed by atoms with van der Waals surface area (Å²) in [5.74, 6) is 3.04. The Hall–Kier alpha value is -7.90. The highest BCUT2D eigenvalue weighted by Gasteiger charge is 2.27. The van der Waals surface area contributed by atoms with Crippen molar-refractivity contribution in [3.05, 3.63) is 199 Å². The van der Waals surface area contributed by atoms with Gasteiger partial charge in [0.05, 0.1) is 22.4 Å². The number of fused-ring (bicyclic) bond motifs is 6. The first-order valence-electron chi connectivity index (χ1n) is 19.4. The SMILES string of the molecule is c1ccc(-n2c(-c3ccc(N4c5ccccc5Cc5ccccc54)cc3)nc3cc4oc(-c5ccc(N6c7ccccc7Oc7ccccc76)cc5)nc4cc32)cc1. The van der Waals surface area contributed by atoms with E-state index in [0.717, 1.165) is 79.9 Å². The molecular weight excluding hydrogens is 715 g/mol. The van der Waals surface area contributed by atoms with Gasteiger partial charge in [-0.3, -0.25) is 4.57 Å². The molecule has 8 aromatic carbocycles. The van der Waals surface area contributed by atoms with E-state index in [4.69, 9.17) is 19.1 Å². The van der Waals surface area contributed by atoms with E-state index in [0.29, 0.717) is 11.5 Å². The third-order valence-corrected chi connectivity index (χ3v) is 11.2. The molecule has 0 N–H and O–H groups in total. The fourth-order valence-corrected chi connectivity index (χ4v) is 8.52.